The number of likely N-dealkylation sites (tertiary alicyclic amines) is 1. The molecule has 0 saturated carbocycles. The van der Waals surface area contributed by atoms with Crippen molar-refractivity contribution in [1.82, 2.24) is 24.8 Å². The van der Waals surface area contributed by atoms with Crippen LogP contribution in [-0.2, 0) is 11.3 Å². The summed E-state index contributed by atoms with van der Waals surface area (Å²) >= 11 is 0. The number of hydrogen-bond donors (Lipinski definition) is 0. The van der Waals surface area contributed by atoms with Gasteiger partial charge in [-0.05, 0) is 36.0 Å². The van der Waals surface area contributed by atoms with Crippen LogP contribution in [0.1, 0.15) is 66.6 Å². The van der Waals surface area contributed by atoms with E-state index < -0.39 is 0 Å². The van der Waals surface area contributed by atoms with Gasteiger partial charge in [0, 0.05) is 51.8 Å². The van der Waals surface area contributed by atoms with Gasteiger partial charge in [-0.25, -0.2) is 4.39 Å². The van der Waals surface area contributed by atoms with Crippen molar-refractivity contribution in [1.29, 1.82) is 0 Å². The minimum atomic E-state index is -0.363. The van der Waals surface area contributed by atoms with E-state index in [2.05, 4.69) is 10.3 Å². The van der Waals surface area contributed by atoms with Crippen LogP contribution in [0, 0.1) is 5.82 Å². The smallest absolute Gasteiger partial charge is 0.289 e. The molecule has 176 valence electrons. The Bertz CT molecular complexity index is 1150. The number of aryl methyl sites for hydroxylation is 1. The summed E-state index contributed by atoms with van der Waals surface area (Å²) in [6.45, 7) is 5.65. The predicted octanol–water partition coefficient (Wildman–Crippen LogP) is 3.78. The number of piperidine rings is 1. The largest absolute Gasteiger partial charge is 0.450 e. The Morgan fingerprint density at radius 2 is 2.09 bits per heavy atom. The molecule has 8 nitrogen and oxygen atoms in total. The second kappa shape index (κ2) is 9.33. The first-order valence-corrected chi connectivity index (χ1v) is 11.4. The van der Waals surface area contributed by atoms with Crippen LogP contribution in [0.5, 0.6) is 0 Å². The number of rotatable bonds is 6. The number of aromatic nitrogens is 3. The molecule has 0 unspecified atom stereocenters. The Hall–Kier alpha value is -3.23. The number of hydrogen-bond acceptors (Lipinski definition) is 5. The van der Waals surface area contributed by atoms with Crippen LogP contribution in [0.4, 0.5) is 4.39 Å². The normalized spacial score (nSPS) is 16.5. The van der Waals surface area contributed by atoms with Crippen LogP contribution in [-0.4, -0.2) is 63.8 Å². The Labute approximate surface area is 192 Å². The van der Waals surface area contributed by atoms with Crippen molar-refractivity contribution >= 4 is 22.8 Å². The fourth-order valence-electron chi connectivity index (χ4n) is 4.45. The molecular formula is C24H30FN5O3. The van der Waals surface area contributed by atoms with Crippen molar-refractivity contribution in [3.8, 4) is 0 Å². The molecule has 1 saturated heterocycles. The minimum Gasteiger partial charge on any atom is -0.450 e. The van der Waals surface area contributed by atoms with Crippen LogP contribution in [0.25, 0.3) is 11.0 Å². The van der Waals surface area contributed by atoms with E-state index in [0.717, 1.165) is 18.4 Å². The van der Waals surface area contributed by atoms with Crippen LogP contribution in [0.15, 0.2) is 28.9 Å². The molecule has 3 heterocycles. The molecule has 0 N–H and O–H groups in total. The van der Waals surface area contributed by atoms with Crippen LogP contribution < -0.4 is 0 Å². The van der Waals surface area contributed by atoms with Gasteiger partial charge in [-0.2, -0.15) is 0 Å². The third kappa shape index (κ3) is 4.62. The standard InChI is InChI=1S/C24H30FN5O3/c1-15(2)17-12-18(22(25)19-13-20(33-23(17)19)24(32)28(3)4)16-6-5-9-29(14-16)21(31)7-10-30-11-8-26-27-30/h8,11-13,15-16H,5-7,9-10,14H2,1-4H3/t16-/m0/s1. The molecule has 2 aromatic heterocycles. The van der Waals surface area contributed by atoms with Crippen LogP contribution >= 0.6 is 0 Å². The first kappa shape index (κ1) is 22.9. The lowest BCUT2D eigenvalue weighted by atomic mass is 9.86. The van der Waals surface area contributed by atoms with Gasteiger partial charge in [0.2, 0.25) is 5.91 Å². The van der Waals surface area contributed by atoms with Crippen molar-refractivity contribution in [3.63, 3.8) is 0 Å². The van der Waals surface area contributed by atoms with Crippen molar-refractivity contribution in [3.05, 3.63) is 47.2 Å². The first-order valence-electron chi connectivity index (χ1n) is 11.4. The molecule has 9 heteroatoms. The van der Waals surface area contributed by atoms with E-state index in [-0.39, 0.29) is 35.2 Å². The third-order valence-corrected chi connectivity index (χ3v) is 6.27. The van der Waals surface area contributed by atoms with E-state index in [1.807, 2.05) is 24.8 Å². The highest BCUT2D eigenvalue weighted by atomic mass is 19.1. The SMILES string of the molecule is CC(C)c1cc([C@H]2CCCN(C(=O)CCn3ccnn3)C2)c(F)c2cc(C(=O)N(C)C)oc12. The number of benzene rings is 1. The van der Waals surface area contributed by atoms with Crippen molar-refractivity contribution < 1.29 is 18.4 Å². The molecule has 1 aliphatic heterocycles. The summed E-state index contributed by atoms with van der Waals surface area (Å²) in [5.74, 6) is -0.533. The summed E-state index contributed by atoms with van der Waals surface area (Å²) in [7, 11) is 3.27. The van der Waals surface area contributed by atoms with Crippen molar-refractivity contribution in [2.24, 2.45) is 0 Å². The van der Waals surface area contributed by atoms with E-state index in [1.54, 1.807) is 31.2 Å². The van der Waals surface area contributed by atoms with Gasteiger partial charge in [-0.1, -0.05) is 19.1 Å². The Balaban J connectivity index is 1.61. The number of nitrogens with zero attached hydrogens (tertiary/aromatic N) is 5. The van der Waals surface area contributed by atoms with Crippen LogP contribution in [0.2, 0.25) is 0 Å². The van der Waals surface area contributed by atoms with Crippen molar-refractivity contribution in [2.45, 2.75) is 51.5 Å². The maximum Gasteiger partial charge on any atom is 0.289 e. The third-order valence-electron chi connectivity index (χ3n) is 6.27. The molecule has 4 rings (SSSR count). The highest BCUT2D eigenvalue weighted by Gasteiger charge is 2.30. The second-order valence-electron chi connectivity index (χ2n) is 9.17. The fraction of sp³-hybridized carbons (Fsp3) is 0.500. The van der Waals surface area contributed by atoms with E-state index in [9.17, 15) is 9.59 Å². The van der Waals surface area contributed by atoms with E-state index in [4.69, 9.17) is 4.42 Å². The lowest BCUT2D eigenvalue weighted by molar-refractivity contribution is -0.132. The van der Waals surface area contributed by atoms with E-state index >= 15 is 4.39 Å². The van der Waals surface area contributed by atoms with Gasteiger partial charge in [-0.3, -0.25) is 14.3 Å². The average Bonchev–Trinajstić information content (AvgIpc) is 3.47. The summed E-state index contributed by atoms with van der Waals surface area (Å²) < 4.78 is 23.2. The summed E-state index contributed by atoms with van der Waals surface area (Å²) in [6.07, 6.45) is 5.25. The highest BCUT2D eigenvalue weighted by Crippen LogP contribution is 2.38. The fourth-order valence-corrected chi connectivity index (χ4v) is 4.45. The zero-order valence-corrected chi connectivity index (χ0v) is 19.5. The van der Waals surface area contributed by atoms with Gasteiger partial charge in [-0.15, -0.1) is 5.10 Å². The van der Waals surface area contributed by atoms with Gasteiger partial charge >= 0.3 is 0 Å². The topological polar surface area (TPSA) is 84.5 Å². The summed E-state index contributed by atoms with van der Waals surface area (Å²) in [5, 5.41) is 7.99. The molecule has 1 fully saturated rings. The zero-order chi connectivity index (χ0) is 23.7. The van der Waals surface area contributed by atoms with E-state index in [1.165, 1.54) is 11.0 Å². The van der Waals surface area contributed by atoms with Gasteiger partial charge in [0.05, 0.1) is 18.1 Å². The molecule has 1 atom stereocenters. The number of fused-ring (bicyclic) bond motifs is 1. The molecular weight excluding hydrogens is 425 g/mol. The molecule has 1 aliphatic rings. The maximum atomic E-state index is 15.7. The Morgan fingerprint density at radius 1 is 1.30 bits per heavy atom. The number of amides is 2. The quantitative estimate of drug-likeness (QED) is 0.565. The van der Waals surface area contributed by atoms with E-state index in [0.29, 0.717) is 42.6 Å². The number of carbonyl (C=O) groups excluding carboxylic acids is 2. The predicted molar refractivity (Wildman–Crippen MR) is 121 cm³/mol. The Morgan fingerprint density at radius 3 is 2.76 bits per heavy atom. The maximum absolute atomic E-state index is 15.7. The monoisotopic (exact) mass is 455 g/mol. The zero-order valence-electron chi connectivity index (χ0n) is 19.5. The Kier molecular flexibility index (Phi) is 6.49. The van der Waals surface area contributed by atoms with Gasteiger partial charge in [0.1, 0.15) is 11.4 Å². The molecule has 3 aromatic rings. The highest BCUT2D eigenvalue weighted by molar-refractivity contribution is 5.97. The molecule has 0 radical (unpaired) electrons. The molecule has 0 bridgehead atoms. The second-order valence-corrected chi connectivity index (χ2v) is 9.17. The van der Waals surface area contributed by atoms with Crippen LogP contribution in [0.3, 0.4) is 0 Å². The lowest BCUT2D eigenvalue weighted by Gasteiger charge is -2.33. The van der Waals surface area contributed by atoms with Crippen molar-refractivity contribution in [2.75, 3.05) is 27.2 Å². The molecule has 1 aromatic carbocycles. The van der Waals surface area contributed by atoms with Gasteiger partial charge < -0.3 is 14.2 Å². The number of furan rings is 1. The van der Waals surface area contributed by atoms with Gasteiger partial charge in [0.15, 0.2) is 5.76 Å². The average molecular weight is 456 g/mol. The first-order chi connectivity index (χ1) is 15.8. The summed E-state index contributed by atoms with van der Waals surface area (Å²) in [6, 6.07) is 3.37. The molecule has 2 amide bonds. The molecule has 0 aliphatic carbocycles. The lowest BCUT2D eigenvalue weighted by Crippen LogP contribution is -2.39. The van der Waals surface area contributed by atoms with Gasteiger partial charge in [0.25, 0.3) is 5.91 Å². The minimum absolute atomic E-state index is 0.0305. The number of carbonyl (C=O) groups is 2. The summed E-state index contributed by atoms with van der Waals surface area (Å²) in [4.78, 5) is 28.4. The molecule has 33 heavy (non-hydrogen) atoms. The molecule has 0 spiro atoms. The number of halogens is 1. The summed E-state index contributed by atoms with van der Waals surface area (Å²) in [5.41, 5.74) is 1.88.